The standard InChI is InChI=1S/C19H12ClFN4O2S/c20-16-9-12(7-8-22-16)18(26)23-10-14-5-6-15(28-14)19-24-17(25-27-19)11-1-3-13(21)4-2-11/h1-9H,10H2,(H,23,26). The third kappa shape index (κ3) is 4.08. The number of aromatic nitrogens is 3. The van der Waals surface area contributed by atoms with Gasteiger partial charge in [0.1, 0.15) is 11.0 Å². The molecule has 0 atom stereocenters. The van der Waals surface area contributed by atoms with Crippen LogP contribution in [0.4, 0.5) is 4.39 Å². The molecule has 140 valence electrons. The molecule has 0 aliphatic carbocycles. The molecule has 0 fully saturated rings. The highest BCUT2D eigenvalue weighted by atomic mass is 35.5. The highest BCUT2D eigenvalue weighted by molar-refractivity contribution is 7.15. The lowest BCUT2D eigenvalue weighted by molar-refractivity contribution is 0.0951. The van der Waals surface area contributed by atoms with Crippen molar-refractivity contribution < 1.29 is 13.7 Å². The summed E-state index contributed by atoms with van der Waals surface area (Å²) in [5, 5.41) is 7.02. The average Bonchev–Trinajstić information content (AvgIpc) is 3.36. The van der Waals surface area contributed by atoms with E-state index in [1.165, 1.54) is 35.7 Å². The fraction of sp³-hybridized carbons (Fsp3) is 0.0526. The lowest BCUT2D eigenvalue weighted by Crippen LogP contribution is -2.22. The molecular weight excluding hydrogens is 403 g/mol. The van der Waals surface area contributed by atoms with Gasteiger partial charge in [0.25, 0.3) is 11.8 Å². The van der Waals surface area contributed by atoms with Gasteiger partial charge in [-0.15, -0.1) is 11.3 Å². The van der Waals surface area contributed by atoms with Gasteiger partial charge < -0.3 is 9.84 Å². The Bertz CT molecular complexity index is 1130. The molecule has 0 saturated heterocycles. The van der Waals surface area contributed by atoms with Crippen LogP contribution in [0.25, 0.3) is 22.2 Å². The van der Waals surface area contributed by atoms with Crippen molar-refractivity contribution in [3.05, 3.63) is 76.1 Å². The number of amides is 1. The Morgan fingerprint density at radius 1 is 1.18 bits per heavy atom. The van der Waals surface area contributed by atoms with Crippen LogP contribution in [0.2, 0.25) is 5.15 Å². The largest absolute Gasteiger partial charge is 0.347 e. The topological polar surface area (TPSA) is 80.9 Å². The Balaban J connectivity index is 1.43. The predicted octanol–water partition coefficient (Wildman–Crippen LogP) is 4.58. The van der Waals surface area contributed by atoms with Crippen molar-refractivity contribution >= 4 is 28.8 Å². The molecule has 0 radical (unpaired) electrons. The van der Waals surface area contributed by atoms with Crippen molar-refractivity contribution in [3.8, 4) is 22.2 Å². The second-order valence-corrected chi connectivity index (χ2v) is 7.30. The predicted molar refractivity (Wildman–Crippen MR) is 103 cm³/mol. The molecular formula is C19H12ClFN4O2S. The second-order valence-electron chi connectivity index (χ2n) is 5.75. The highest BCUT2D eigenvalue weighted by Gasteiger charge is 2.14. The molecule has 0 saturated carbocycles. The van der Waals surface area contributed by atoms with Crippen molar-refractivity contribution in [3.63, 3.8) is 0 Å². The summed E-state index contributed by atoms with van der Waals surface area (Å²) >= 11 is 7.23. The minimum atomic E-state index is -0.327. The summed E-state index contributed by atoms with van der Waals surface area (Å²) in [4.78, 5) is 22.1. The Hall–Kier alpha value is -3.10. The number of thiophene rings is 1. The van der Waals surface area contributed by atoms with Crippen LogP contribution >= 0.6 is 22.9 Å². The second kappa shape index (κ2) is 7.87. The molecule has 28 heavy (non-hydrogen) atoms. The van der Waals surface area contributed by atoms with E-state index in [2.05, 4.69) is 20.4 Å². The average molecular weight is 415 g/mol. The minimum absolute atomic E-state index is 0.240. The molecule has 3 aromatic heterocycles. The molecule has 9 heteroatoms. The van der Waals surface area contributed by atoms with Crippen LogP contribution in [0.3, 0.4) is 0 Å². The van der Waals surface area contributed by atoms with Crippen LogP contribution < -0.4 is 5.32 Å². The first-order chi connectivity index (χ1) is 13.6. The van der Waals surface area contributed by atoms with Gasteiger partial charge in [0, 0.05) is 22.2 Å². The van der Waals surface area contributed by atoms with E-state index in [4.69, 9.17) is 16.1 Å². The fourth-order valence-corrected chi connectivity index (χ4v) is 3.48. The number of carbonyl (C=O) groups is 1. The third-order valence-electron chi connectivity index (χ3n) is 3.81. The number of rotatable bonds is 5. The van der Waals surface area contributed by atoms with Crippen molar-refractivity contribution in [1.82, 2.24) is 20.4 Å². The van der Waals surface area contributed by atoms with Gasteiger partial charge in [0.05, 0.1) is 11.4 Å². The summed E-state index contributed by atoms with van der Waals surface area (Å²) in [6, 6.07) is 12.7. The van der Waals surface area contributed by atoms with Crippen LogP contribution in [0, 0.1) is 5.82 Å². The van der Waals surface area contributed by atoms with E-state index in [9.17, 15) is 9.18 Å². The van der Waals surface area contributed by atoms with Gasteiger partial charge in [-0.2, -0.15) is 4.98 Å². The summed E-state index contributed by atoms with van der Waals surface area (Å²) in [6.45, 7) is 0.350. The monoisotopic (exact) mass is 414 g/mol. The van der Waals surface area contributed by atoms with Crippen molar-refractivity contribution in [2.75, 3.05) is 0 Å². The number of halogens is 2. The quantitative estimate of drug-likeness (QED) is 0.483. The van der Waals surface area contributed by atoms with Crippen molar-refractivity contribution in [2.24, 2.45) is 0 Å². The normalized spacial score (nSPS) is 10.8. The van der Waals surface area contributed by atoms with Crippen LogP contribution in [-0.2, 0) is 6.54 Å². The maximum atomic E-state index is 13.0. The SMILES string of the molecule is O=C(NCc1ccc(-c2nc(-c3ccc(F)cc3)no2)s1)c1ccnc(Cl)c1. The maximum Gasteiger partial charge on any atom is 0.268 e. The first-order valence-electron chi connectivity index (χ1n) is 8.17. The van der Waals surface area contributed by atoms with Gasteiger partial charge in [0.15, 0.2) is 0 Å². The maximum absolute atomic E-state index is 13.0. The van der Waals surface area contributed by atoms with E-state index in [1.54, 1.807) is 18.2 Å². The molecule has 0 aliphatic rings. The highest BCUT2D eigenvalue weighted by Crippen LogP contribution is 2.28. The van der Waals surface area contributed by atoms with Crippen LogP contribution in [0.15, 0.2) is 59.3 Å². The summed E-state index contributed by atoms with van der Waals surface area (Å²) < 4.78 is 18.3. The molecule has 3 heterocycles. The molecule has 6 nitrogen and oxygen atoms in total. The molecule has 0 bridgehead atoms. The van der Waals surface area contributed by atoms with Crippen LogP contribution in [0.5, 0.6) is 0 Å². The van der Waals surface area contributed by atoms with Crippen LogP contribution in [0.1, 0.15) is 15.2 Å². The van der Waals surface area contributed by atoms with Gasteiger partial charge in [0.2, 0.25) is 5.82 Å². The van der Waals surface area contributed by atoms with E-state index >= 15 is 0 Å². The zero-order chi connectivity index (χ0) is 19.5. The van der Waals surface area contributed by atoms with E-state index in [0.717, 1.165) is 9.75 Å². The van der Waals surface area contributed by atoms with Crippen molar-refractivity contribution in [2.45, 2.75) is 6.54 Å². The Labute approximate surface area is 168 Å². The number of hydrogen-bond donors (Lipinski definition) is 1. The lowest BCUT2D eigenvalue weighted by Gasteiger charge is -2.03. The molecule has 0 spiro atoms. The van der Waals surface area contributed by atoms with Crippen molar-refractivity contribution in [1.29, 1.82) is 0 Å². The Morgan fingerprint density at radius 3 is 2.79 bits per heavy atom. The molecule has 4 aromatic rings. The van der Waals surface area contributed by atoms with Gasteiger partial charge in [-0.05, 0) is 48.5 Å². The summed E-state index contributed by atoms with van der Waals surface area (Å²) in [6.07, 6.45) is 1.48. The van der Waals surface area contributed by atoms with Gasteiger partial charge in [-0.1, -0.05) is 16.8 Å². The molecule has 1 N–H and O–H groups in total. The van der Waals surface area contributed by atoms with Gasteiger partial charge >= 0.3 is 0 Å². The van der Waals surface area contributed by atoms with E-state index in [0.29, 0.717) is 29.4 Å². The molecule has 1 aromatic carbocycles. The van der Waals surface area contributed by atoms with E-state index in [1.807, 2.05) is 12.1 Å². The number of benzene rings is 1. The molecule has 1 amide bonds. The number of nitrogens with zero attached hydrogens (tertiary/aromatic N) is 3. The third-order valence-corrected chi connectivity index (χ3v) is 5.09. The number of pyridine rings is 1. The Morgan fingerprint density at radius 2 is 2.00 bits per heavy atom. The summed E-state index contributed by atoms with van der Waals surface area (Å²) in [5.41, 5.74) is 1.11. The zero-order valence-corrected chi connectivity index (χ0v) is 15.8. The lowest BCUT2D eigenvalue weighted by atomic mass is 10.2. The number of carbonyl (C=O) groups excluding carboxylic acids is 1. The number of hydrogen-bond acceptors (Lipinski definition) is 6. The smallest absolute Gasteiger partial charge is 0.268 e. The first kappa shape index (κ1) is 18.3. The molecule has 0 aliphatic heterocycles. The first-order valence-corrected chi connectivity index (χ1v) is 9.36. The van der Waals surface area contributed by atoms with E-state index < -0.39 is 0 Å². The van der Waals surface area contributed by atoms with Gasteiger partial charge in [-0.25, -0.2) is 9.37 Å². The molecule has 4 rings (SSSR count). The summed E-state index contributed by atoms with van der Waals surface area (Å²) in [5.74, 6) is 0.178. The fourth-order valence-electron chi connectivity index (χ4n) is 2.44. The Kier molecular flexibility index (Phi) is 5.14. The molecule has 0 unspecified atom stereocenters. The van der Waals surface area contributed by atoms with Gasteiger partial charge in [-0.3, -0.25) is 4.79 Å². The van der Waals surface area contributed by atoms with E-state index in [-0.39, 0.29) is 16.9 Å². The summed E-state index contributed by atoms with van der Waals surface area (Å²) in [7, 11) is 0. The minimum Gasteiger partial charge on any atom is -0.347 e. The zero-order valence-electron chi connectivity index (χ0n) is 14.2. The van der Waals surface area contributed by atoms with Crippen LogP contribution in [-0.4, -0.2) is 21.0 Å². The number of nitrogens with one attached hydrogen (secondary N) is 1.